The molecule has 2 aromatic carbocycles. The minimum absolute atomic E-state index is 0.0343. The first-order valence-corrected chi connectivity index (χ1v) is 12.9. The number of carbonyl (C=O) groups excluding carboxylic acids is 3. The van der Waals surface area contributed by atoms with Crippen molar-refractivity contribution in [2.75, 3.05) is 20.1 Å². The zero-order valence-corrected chi connectivity index (χ0v) is 22.5. The van der Waals surface area contributed by atoms with Crippen molar-refractivity contribution in [3.63, 3.8) is 0 Å². The first-order valence-electron chi connectivity index (χ1n) is 12.2. The highest BCUT2D eigenvalue weighted by Crippen LogP contribution is 2.32. The van der Waals surface area contributed by atoms with Gasteiger partial charge >= 0.3 is 6.03 Å². The molecule has 2 aromatic rings. The van der Waals surface area contributed by atoms with E-state index in [0.717, 1.165) is 11.1 Å². The van der Waals surface area contributed by atoms with Gasteiger partial charge in [-0.15, -0.1) is 0 Å². The Balaban J connectivity index is 1.62. The van der Waals surface area contributed by atoms with Crippen LogP contribution >= 0.6 is 23.2 Å². The second-order valence-electron chi connectivity index (χ2n) is 9.52. The Labute approximate surface area is 225 Å². The van der Waals surface area contributed by atoms with Crippen molar-refractivity contribution in [1.82, 2.24) is 25.1 Å². The summed E-state index contributed by atoms with van der Waals surface area (Å²) in [6.07, 6.45) is -0.0147. The van der Waals surface area contributed by atoms with E-state index in [2.05, 4.69) is 5.32 Å². The van der Waals surface area contributed by atoms with Gasteiger partial charge in [0.15, 0.2) is 0 Å². The van der Waals surface area contributed by atoms with Crippen molar-refractivity contribution in [1.29, 1.82) is 0 Å². The van der Waals surface area contributed by atoms with Gasteiger partial charge in [-0.3, -0.25) is 9.59 Å². The van der Waals surface area contributed by atoms with E-state index in [1.54, 1.807) is 52.2 Å². The number of halogens is 3. The highest BCUT2D eigenvalue weighted by Gasteiger charge is 2.51. The molecule has 1 N–H and O–H groups in total. The Morgan fingerprint density at radius 1 is 1.11 bits per heavy atom. The molecule has 1 unspecified atom stereocenters. The van der Waals surface area contributed by atoms with E-state index in [1.165, 1.54) is 17.1 Å². The van der Waals surface area contributed by atoms with Crippen LogP contribution in [0.4, 0.5) is 9.18 Å². The number of amides is 4. The van der Waals surface area contributed by atoms with Crippen molar-refractivity contribution in [2.45, 2.75) is 45.6 Å². The van der Waals surface area contributed by atoms with Gasteiger partial charge in [-0.2, -0.15) is 0 Å². The molecule has 2 saturated heterocycles. The summed E-state index contributed by atoms with van der Waals surface area (Å²) in [6.45, 7) is 4.45. The maximum atomic E-state index is 13.7. The number of benzene rings is 2. The summed E-state index contributed by atoms with van der Waals surface area (Å²) >= 11 is 12.3. The van der Waals surface area contributed by atoms with E-state index in [0.29, 0.717) is 16.5 Å². The molecule has 2 heterocycles. The Hall–Kier alpha value is -2.88. The van der Waals surface area contributed by atoms with E-state index in [4.69, 9.17) is 23.2 Å². The SMILES string of the molecule is CCC(C)[C@H]1C(=O)N(Cc2ccc(Cl)c(Cl)c2)C[C@H]2N1C(=O)CN(C)N2C(=O)NCc1ccc(F)cc1. The predicted molar refractivity (Wildman–Crippen MR) is 139 cm³/mol. The molecular weight excluding hydrogens is 520 g/mol. The quantitative estimate of drug-likeness (QED) is 0.588. The fourth-order valence-corrected chi connectivity index (χ4v) is 5.18. The van der Waals surface area contributed by atoms with Crippen molar-refractivity contribution >= 4 is 41.0 Å². The lowest BCUT2D eigenvalue weighted by atomic mass is 9.92. The molecule has 2 fully saturated rings. The highest BCUT2D eigenvalue weighted by molar-refractivity contribution is 6.42. The molecule has 0 aromatic heterocycles. The number of urea groups is 1. The zero-order valence-electron chi connectivity index (χ0n) is 21.0. The van der Waals surface area contributed by atoms with Gasteiger partial charge in [0.25, 0.3) is 0 Å². The van der Waals surface area contributed by atoms with Gasteiger partial charge in [0.2, 0.25) is 11.8 Å². The van der Waals surface area contributed by atoms with Gasteiger partial charge in [0.05, 0.1) is 23.1 Å². The fourth-order valence-electron chi connectivity index (χ4n) is 4.86. The molecule has 8 nitrogen and oxygen atoms in total. The van der Waals surface area contributed by atoms with Crippen LogP contribution in [0.25, 0.3) is 0 Å². The first-order chi connectivity index (χ1) is 17.6. The number of nitrogens with zero attached hydrogens (tertiary/aromatic N) is 4. The van der Waals surface area contributed by atoms with E-state index in [-0.39, 0.29) is 49.7 Å². The van der Waals surface area contributed by atoms with Crippen LogP contribution in [-0.2, 0) is 22.7 Å². The topological polar surface area (TPSA) is 76.2 Å². The van der Waals surface area contributed by atoms with Gasteiger partial charge in [0, 0.05) is 20.1 Å². The monoisotopic (exact) mass is 549 g/mol. The van der Waals surface area contributed by atoms with Crippen LogP contribution in [0.3, 0.4) is 0 Å². The van der Waals surface area contributed by atoms with Gasteiger partial charge < -0.3 is 15.1 Å². The molecule has 0 spiro atoms. The molecule has 11 heteroatoms. The second-order valence-corrected chi connectivity index (χ2v) is 10.3. The van der Waals surface area contributed by atoms with Gasteiger partial charge in [-0.25, -0.2) is 19.2 Å². The first kappa shape index (κ1) is 27.2. The summed E-state index contributed by atoms with van der Waals surface area (Å²) in [5, 5.41) is 6.74. The third kappa shape index (κ3) is 5.68. The van der Waals surface area contributed by atoms with E-state index in [9.17, 15) is 18.8 Å². The number of hydrazine groups is 1. The summed E-state index contributed by atoms with van der Waals surface area (Å²) in [6, 6.07) is 9.94. The fraction of sp³-hybridized carbons (Fsp3) is 0.423. The van der Waals surface area contributed by atoms with Crippen molar-refractivity contribution in [3.05, 3.63) is 69.5 Å². The van der Waals surface area contributed by atoms with Crippen LogP contribution in [-0.4, -0.2) is 70.0 Å². The molecule has 0 saturated carbocycles. The Morgan fingerprint density at radius 2 is 1.78 bits per heavy atom. The Bertz CT molecular complexity index is 1180. The normalized spacial score (nSPS) is 21.2. The van der Waals surface area contributed by atoms with Gasteiger partial charge in [-0.1, -0.05) is 61.7 Å². The molecule has 37 heavy (non-hydrogen) atoms. The third-order valence-electron chi connectivity index (χ3n) is 6.98. The largest absolute Gasteiger partial charge is 0.334 e. The summed E-state index contributed by atoms with van der Waals surface area (Å²) in [5.41, 5.74) is 1.53. The lowest BCUT2D eigenvalue weighted by molar-refractivity contribution is -0.190. The number of carbonyl (C=O) groups is 3. The summed E-state index contributed by atoms with van der Waals surface area (Å²) < 4.78 is 13.3. The third-order valence-corrected chi connectivity index (χ3v) is 7.72. The van der Waals surface area contributed by atoms with Gasteiger partial charge in [0.1, 0.15) is 18.0 Å². The van der Waals surface area contributed by atoms with Crippen LogP contribution in [0.15, 0.2) is 42.5 Å². The highest BCUT2D eigenvalue weighted by atomic mass is 35.5. The molecule has 198 valence electrons. The summed E-state index contributed by atoms with van der Waals surface area (Å²) in [4.78, 5) is 43.6. The maximum Gasteiger partial charge on any atom is 0.334 e. The van der Waals surface area contributed by atoms with Crippen LogP contribution < -0.4 is 5.32 Å². The van der Waals surface area contributed by atoms with Crippen molar-refractivity contribution in [3.8, 4) is 0 Å². The molecule has 0 bridgehead atoms. The van der Waals surface area contributed by atoms with Crippen molar-refractivity contribution in [2.24, 2.45) is 5.92 Å². The smallest absolute Gasteiger partial charge is 0.333 e. The van der Waals surface area contributed by atoms with Crippen molar-refractivity contribution < 1.29 is 18.8 Å². The molecule has 0 aliphatic carbocycles. The lowest BCUT2D eigenvalue weighted by Crippen LogP contribution is -2.76. The number of hydrogen-bond donors (Lipinski definition) is 1. The molecule has 2 aliphatic heterocycles. The average Bonchev–Trinajstić information content (AvgIpc) is 2.86. The molecule has 3 atom stereocenters. The number of nitrogens with one attached hydrogen (secondary N) is 1. The van der Waals surface area contributed by atoms with Crippen LogP contribution in [0.1, 0.15) is 31.4 Å². The molecular formula is C26H30Cl2FN5O3. The van der Waals surface area contributed by atoms with E-state index < -0.39 is 18.2 Å². The number of hydrogen-bond acceptors (Lipinski definition) is 4. The minimum Gasteiger partial charge on any atom is -0.333 e. The molecule has 4 amide bonds. The zero-order chi connectivity index (χ0) is 26.9. The number of fused-ring (bicyclic) bond motifs is 1. The molecule has 2 aliphatic rings. The van der Waals surface area contributed by atoms with E-state index >= 15 is 0 Å². The van der Waals surface area contributed by atoms with Crippen LogP contribution in [0, 0.1) is 11.7 Å². The predicted octanol–water partition coefficient (Wildman–Crippen LogP) is 4.12. The van der Waals surface area contributed by atoms with Crippen LogP contribution in [0.5, 0.6) is 0 Å². The number of likely N-dealkylation sites (N-methyl/N-ethyl adjacent to an activating group) is 1. The lowest BCUT2D eigenvalue weighted by Gasteiger charge is -2.55. The van der Waals surface area contributed by atoms with E-state index in [1.807, 2.05) is 13.8 Å². The number of rotatable bonds is 6. The number of piperazine rings is 1. The van der Waals surface area contributed by atoms with Gasteiger partial charge in [-0.05, 0) is 41.3 Å². The molecule has 0 radical (unpaired) electrons. The average molecular weight is 550 g/mol. The Kier molecular flexibility index (Phi) is 8.26. The minimum atomic E-state index is -0.708. The summed E-state index contributed by atoms with van der Waals surface area (Å²) in [7, 11) is 1.67. The summed E-state index contributed by atoms with van der Waals surface area (Å²) in [5.74, 6) is -0.850. The standard InChI is InChI=1S/C26H30Cl2FN5O3/c1-4-16(2)24-25(36)32(13-18-7-10-20(27)21(28)11-18)14-22-33(24)23(35)15-31(3)34(22)26(37)30-12-17-5-8-19(29)9-6-17/h5-11,16,22,24H,4,12-15H2,1-3H3,(H,30,37)/t16?,22-,24-/m0/s1. The second kappa shape index (κ2) is 11.2. The maximum absolute atomic E-state index is 13.7. The Morgan fingerprint density at radius 3 is 2.43 bits per heavy atom. The molecule has 4 rings (SSSR count). The van der Waals surface area contributed by atoms with Crippen LogP contribution in [0.2, 0.25) is 10.0 Å².